The van der Waals surface area contributed by atoms with Crippen LogP contribution in [0.1, 0.15) is 5.56 Å². The summed E-state index contributed by atoms with van der Waals surface area (Å²) < 4.78 is 13.4. The molecule has 0 saturated heterocycles. The molecule has 1 aromatic heterocycles. The lowest BCUT2D eigenvalue weighted by molar-refractivity contribution is 0.613. The monoisotopic (exact) mass is 249 g/mol. The molecule has 1 heterocycles. The molecule has 0 radical (unpaired) electrons. The first-order valence-electron chi connectivity index (χ1n) is 5.14. The lowest BCUT2D eigenvalue weighted by atomic mass is 10.2. The van der Waals surface area contributed by atoms with Gasteiger partial charge in [0.25, 0.3) is 0 Å². The van der Waals surface area contributed by atoms with Crippen molar-refractivity contribution in [3.8, 4) is 0 Å². The maximum Gasteiger partial charge on any atom is 0.189 e. The quantitative estimate of drug-likeness (QED) is 0.668. The Labute approximate surface area is 103 Å². The molecule has 5 heteroatoms. The van der Waals surface area contributed by atoms with Crippen LogP contribution in [0.3, 0.4) is 0 Å². The summed E-state index contributed by atoms with van der Waals surface area (Å²) in [4.78, 5) is 8.32. The summed E-state index contributed by atoms with van der Waals surface area (Å²) in [6.45, 7) is 0.414. The van der Waals surface area contributed by atoms with Gasteiger partial charge in [-0.3, -0.25) is 0 Å². The van der Waals surface area contributed by atoms with Crippen LogP contribution in [0, 0.1) is 5.82 Å². The molecule has 1 N–H and O–H groups in total. The van der Waals surface area contributed by atoms with Crippen LogP contribution in [0.5, 0.6) is 0 Å². The van der Waals surface area contributed by atoms with Gasteiger partial charge >= 0.3 is 0 Å². The molecule has 0 atom stereocenters. The summed E-state index contributed by atoms with van der Waals surface area (Å²) in [7, 11) is 0. The molecule has 0 amide bonds. The molecular formula is C12H12FN3S. The van der Waals surface area contributed by atoms with Crippen molar-refractivity contribution in [2.75, 3.05) is 11.6 Å². The lowest BCUT2D eigenvalue weighted by Crippen LogP contribution is -2.03. The fourth-order valence-electron chi connectivity index (χ4n) is 1.37. The van der Waals surface area contributed by atoms with Gasteiger partial charge in [-0.1, -0.05) is 30.0 Å². The van der Waals surface area contributed by atoms with Crippen LogP contribution in [0.2, 0.25) is 0 Å². The van der Waals surface area contributed by atoms with Crippen molar-refractivity contribution in [3.05, 3.63) is 47.9 Å². The highest BCUT2D eigenvalue weighted by Gasteiger charge is 2.01. The number of hydrogen-bond acceptors (Lipinski definition) is 4. The van der Waals surface area contributed by atoms with E-state index in [0.717, 1.165) is 0 Å². The van der Waals surface area contributed by atoms with E-state index in [0.29, 0.717) is 23.1 Å². The van der Waals surface area contributed by atoms with E-state index in [1.165, 1.54) is 17.8 Å². The van der Waals surface area contributed by atoms with Gasteiger partial charge in [0, 0.05) is 18.3 Å². The van der Waals surface area contributed by atoms with Crippen LogP contribution >= 0.6 is 11.8 Å². The largest absolute Gasteiger partial charge is 0.366 e. The van der Waals surface area contributed by atoms with Gasteiger partial charge in [-0.05, 0) is 18.4 Å². The summed E-state index contributed by atoms with van der Waals surface area (Å²) in [5.74, 6) is 0.492. The van der Waals surface area contributed by atoms with Crippen LogP contribution < -0.4 is 5.32 Å². The van der Waals surface area contributed by atoms with E-state index in [1.807, 2.05) is 12.3 Å². The van der Waals surface area contributed by atoms with Gasteiger partial charge < -0.3 is 5.32 Å². The molecule has 2 rings (SSSR count). The Kier molecular flexibility index (Phi) is 3.93. The first kappa shape index (κ1) is 11.9. The van der Waals surface area contributed by atoms with Crippen molar-refractivity contribution in [1.29, 1.82) is 0 Å². The molecule has 0 fully saturated rings. The van der Waals surface area contributed by atoms with E-state index in [4.69, 9.17) is 0 Å². The van der Waals surface area contributed by atoms with Crippen molar-refractivity contribution < 1.29 is 4.39 Å². The molecule has 17 heavy (non-hydrogen) atoms. The fraction of sp³-hybridized carbons (Fsp3) is 0.167. The van der Waals surface area contributed by atoms with Crippen LogP contribution in [0.25, 0.3) is 0 Å². The number of halogens is 1. The van der Waals surface area contributed by atoms with Gasteiger partial charge in [-0.15, -0.1) is 0 Å². The van der Waals surface area contributed by atoms with Gasteiger partial charge in [-0.2, -0.15) is 0 Å². The predicted octanol–water partition coefficient (Wildman–Crippen LogP) is 2.95. The van der Waals surface area contributed by atoms with E-state index < -0.39 is 0 Å². The summed E-state index contributed by atoms with van der Waals surface area (Å²) in [6.07, 6.45) is 3.60. The Bertz CT molecular complexity index is 505. The zero-order valence-electron chi connectivity index (χ0n) is 9.35. The van der Waals surface area contributed by atoms with Crippen LogP contribution in [-0.2, 0) is 6.54 Å². The van der Waals surface area contributed by atoms with Crippen molar-refractivity contribution in [1.82, 2.24) is 9.97 Å². The molecule has 0 aliphatic rings. The fourth-order valence-corrected chi connectivity index (χ4v) is 1.72. The first-order valence-corrected chi connectivity index (χ1v) is 6.36. The lowest BCUT2D eigenvalue weighted by Gasteiger charge is -2.06. The highest BCUT2D eigenvalue weighted by Crippen LogP contribution is 2.13. The Morgan fingerprint density at radius 3 is 2.88 bits per heavy atom. The number of nitrogens with one attached hydrogen (secondary N) is 1. The second-order valence-electron chi connectivity index (χ2n) is 3.37. The second kappa shape index (κ2) is 5.63. The zero-order chi connectivity index (χ0) is 12.1. The molecule has 88 valence electrons. The number of thioether (sulfide) groups is 1. The van der Waals surface area contributed by atoms with E-state index >= 15 is 0 Å². The molecule has 0 aliphatic carbocycles. The third-order valence-electron chi connectivity index (χ3n) is 2.23. The van der Waals surface area contributed by atoms with Crippen LogP contribution in [-0.4, -0.2) is 16.2 Å². The molecule has 0 bridgehead atoms. The minimum atomic E-state index is -0.209. The minimum Gasteiger partial charge on any atom is -0.366 e. The first-order chi connectivity index (χ1) is 8.29. The van der Waals surface area contributed by atoms with Gasteiger partial charge in [0.15, 0.2) is 5.16 Å². The molecule has 0 spiro atoms. The molecule has 0 aliphatic heterocycles. The number of aromatic nitrogens is 2. The number of rotatable bonds is 4. The number of benzene rings is 1. The van der Waals surface area contributed by atoms with Crippen molar-refractivity contribution in [2.24, 2.45) is 0 Å². The van der Waals surface area contributed by atoms with Crippen molar-refractivity contribution >= 4 is 17.6 Å². The molecule has 2 aromatic rings. The number of hydrogen-bond donors (Lipinski definition) is 1. The summed E-state index contributed by atoms with van der Waals surface area (Å²) >= 11 is 1.47. The number of anilines is 1. The van der Waals surface area contributed by atoms with Gasteiger partial charge in [0.2, 0.25) is 0 Å². The smallest absolute Gasteiger partial charge is 0.189 e. The number of nitrogens with zero attached hydrogens (tertiary/aromatic N) is 2. The molecule has 3 nitrogen and oxygen atoms in total. The SMILES string of the molecule is CSc1nccc(NCc2ccccc2F)n1. The Morgan fingerprint density at radius 1 is 1.29 bits per heavy atom. The molecule has 1 aromatic carbocycles. The summed E-state index contributed by atoms with van der Waals surface area (Å²) in [6, 6.07) is 8.45. The van der Waals surface area contributed by atoms with E-state index in [-0.39, 0.29) is 5.82 Å². The van der Waals surface area contributed by atoms with Gasteiger partial charge in [-0.25, -0.2) is 14.4 Å². The third-order valence-corrected chi connectivity index (χ3v) is 2.80. The average molecular weight is 249 g/mol. The minimum absolute atomic E-state index is 0.209. The zero-order valence-corrected chi connectivity index (χ0v) is 10.2. The Morgan fingerprint density at radius 2 is 2.12 bits per heavy atom. The normalized spacial score (nSPS) is 10.2. The van der Waals surface area contributed by atoms with Crippen molar-refractivity contribution in [3.63, 3.8) is 0 Å². The standard InChI is InChI=1S/C12H12FN3S/c1-17-12-14-7-6-11(16-12)15-8-9-4-2-3-5-10(9)13/h2-7H,8H2,1H3,(H,14,15,16). The van der Waals surface area contributed by atoms with Gasteiger partial charge in [0.05, 0.1) is 0 Å². The molecular weight excluding hydrogens is 237 g/mol. The highest BCUT2D eigenvalue weighted by molar-refractivity contribution is 7.98. The Balaban J connectivity index is 2.05. The highest BCUT2D eigenvalue weighted by atomic mass is 32.2. The maximum absolute atomic E-state index is 13.4. The summed E-state index contributed by atoms with van der Waals surface area (Å²) in [5, 5.41) is 3.77. The Hall–Kier alpha value is -1.62. The topological polar surface area (TPSA) is 37.8 Å². The average Bonchev–Trinajstić information content (AvgIpc) is 2.38. The second-order valence-corrected chi connectivity index (χ2v) is 4.15. The predicted molar refractivity (Wildman–Crippen MR) is 67.5 cm³/mol. The third kappa shape index (κ3) is 3.17. The molecule has 0 unspecified atom stereocenters. The maximum atomic E-state index is 13.4. The van der Waals surface area contributed by atoms with E-state index in [9.17, 15) is 4.39 Å². The molecule has 0 saturated carbocycles. The van der Waals surface area contributed by atoms with Crippen LogP contribution in [0.4, 0.5) is 10.2 Å². The van der Waals surface area contributed by atoms with E-state index in [1.54, 1.807) is 24.4 Å². The van der Waals surface area contributed by atoms with E-state index in [2.05, 4.69) is 15.3 Å². The van der Waals surface area contributed by atoms with Crippen molar-refractivity contribution in [2.45, 2.75) is 11.7 Å². The summed E-state index contributed by atoms with van der Waals surface area (Å²) in [5.41, 5.74) is 0.622. The van der Waals surface area contributed by atoms with Gasteiger partial charge in [0.1, 0.15) is 11.6 Å². The van der Waals surface area contributed by atoms with Crippen LogP contribution in [0.15, 0.2) is 41.7 Å².